The highest BCUT2D eigenvalue weighted by Crippen LogP contribution is 2.10. The molecule has 0 aliphatic carbocycles. The molecule has 1 aromatic carbocycles. The van der Waals surface area contributed by atoms with Crippen LogP contribution >= 0.6 is 0 Å². The van der Waals surface area contributed by atoms with Gasteiger partial charge in [0.1, 0.15) is 5.60 Å². The van der Waals surface area contributed by atoms with Crippen molar-refractivity contribution in [2.24, 2.45) is 4.99 Å². The summed E-state index contributed by atoms with van der Waals surface area (Å²) in [6.45, 7) is 13.8. The van der Waals surface area contributed by atoms with Crippen molar-refractivity contribution in [1.82, 2.24) is 16.0 Å². The summed E-state index contributed by atoms with van der Waals surface area (Å²) < 4.78 is 10.5. The summed E-state index contributed by atoms with van der Waals surface area (Å²) in [5, 5.41) is 9.40. The molecule has 0 atom stereocenters. The molecular weight excluding hydrogens is 356 g/mol. The second-order valence-electron chi connectivity index (χ2n) is 8.31. The van der Waals surface area contributed by atoms with E-state index in [4.69, 9.17) is 9.47 Å². The Morgan fingerprint density at radius 1 is 1.11 bits per heavy atom. The molecule has 0 heterocycles. The second kappa shape index (κ2) is 10.9. The maximum atomic E-state index is 12.0. The molecule has 28 heavy (non-hydrogen) atoms. The first-order valence-corrected chi connectivity index (χ1v) is 9.65. The Labute approximate surface area is 169 Å². The first kappa shape index (κ1) is 23.8. The average Bonchev–Trinajstić information content (AvgIpc) is 2.56. The Balaban J connectivity index is 2.66. The summed E-state index contributed by atoms with van der Waals surface area (Å²) in [6.07, 6.45) is -0.434. The number of guanidine groups is 1. The molecule has 0 saturated carbocycles. The molecule has 0 aliphatic heterocycles. The Hall–Kier alpha value is -2.28. The number of rotatable bonds is 8. The molecule has 1 amide bonds. The van der Waals surface area contributed by atoms with Gasteiger partial charge in [0, 0.05) is 20.2 Å². The maximum absolute atomic E-state index is 12.0. The van der Waals surface area contributed by atoms with Crippen LogP contribution in [-0.4, -0.2) is 43.4 Å². The standard InChI is InChI=1S/C21H36N4O3/c1-8-22-18(23-13-16-10-9-11-17(12-16)14-27-7)24-15-21(5,6)25-19(26)28-20(2,3)4/h9-12H,8,13-15H2,1-7H3,(H,25,26)(H2,22,23,24). The summed E-state index contributed by atoms with van der Waals surface area (Å²) in [5.41, 5.74) is 1.20. The molecular formula is C21H36N4O3. The molecule has 0 fully saturated rings. The van der Waals surface area contributed by atoms with Gasteiger partial charge < -0.3 is 25.4 Å². The van der Waals surface area contributed by atoms with Gasteiger partial charge in [0.25, 0.3) is 0 Å². The van der Waals surface area contributed by atoms with Gasteiger partial charge >= 0.3 is 6.09 Å². The van der Waals surface area contributed by atoms with E-state index >= 15 is 0 Å². The van der Waals surface area contributed by atoms with E-state index in [0.717, 1.165) is 17.7 Å². The number of aliphatic imine (C=N–C) groups is 1. The van der Waals surface area contributed by atoms with Crippen molar-refractivity contribution in [3.05, 3.63) is 35.4 Å². The van der Waals surface area contributed by atoms with Crippen LogP contribution in [-0.2, 0) is 22.6 Å². The number of hydrogen-bond donors (Lipinski definition) is 3. The third kappa shape index (κ3) is 10.2. The third-order valence-electron chi connectivity index (χ3n) is 3.60. The van der Waals surface area contributed by atoms with Gasteiger partial charge in [-0.1, -0.05) is 24.3 Å². The summed E-state index contributed by atoms with van der Waals surface area (Å²) >= 11 is 0. The predicted octanol–water partition coefficient (Wildman–Crippen LogP) is 3.19. The molecule has 0 radical (unpaired) electrons. The van der Waals surface area contributed by atoms with Crippen molar-refractivity contribution in [2.75, 3.05) is 20.2 Å². The van der Waals surface area contributed by atoms with E-state index in [9.17, 15) is 4.79 Å². The van der Waals surface area contributed by atoms with E-state index in [1.165, 1.54) is 0 Å². The van der Waals surface area contributed by atoms with Crippen molar-refractivity contribution in [1.29, 1.82) is 0 Å². The van der Waals surface area contributed by atoms with Crippen LogP contribution in [0.1, 0.15) is 52.7 Å². The van der Waals surface area contributed by atoms with Crippen LogP contribution in [0.4, 0.5) is 4.79 Å². The van der Waals surface area contributed by atoms with E-state index in [1.807, 2.05) is 59.7 Å². The Morgan fingerprint density at radius 2 is 1.79 bits per heavy atom. The number of nitrogens with zero attached hydrogens (tertiary/aromatic N) is 1. The van der Waals surface area contributed by atoms with Gasteiger partial charge in [-0.25, -0.2) is 9.79 Å². The van der Waals surface area contributed by atoms with Crippen molar-refractivity contribution in [2.45, 2.75) is 65.8 Å². The van der Waals surface area contributed by atoms with Gasteiger partial charge in [-0.2, -0.15) is 0 Å². The summed E-state index contributed by atoms with van der Waals surface area (Å²) in [7, 11) is 1.69. The zero-order chi connectivity index (χ0) is 21.2. The van der Waals surface area contributed by atoms with Crippen molar-refractivity contribution in [3.63, 3.8) is 0 Å². The molecule has 7 nitrogen and oxygen atoms in total. The molecule has 0 unspecified atom stereocenters. The number of alkyl carbamates (subject to hydrolysis) is 1. The first-order valence-electron chi connectivity index (χ1n) is 9.65. The molecule has 1 aromatic rings. The molecule has 0 bridgehead atoms. The highest BCUT2D eigenvalue weighted by Gasteiger charge is 2.24. The van der Waals surface area contributed by atoms with Crippen LogP contribution in [0.3, 0.4) is 0 Å². The second-order valence-corrected chi connectivity index (χ2v) is 8.31. The van der Waals surface area contributed by atoms with Gasteiger partial charge in [-0.3, -0.25) is 0 Å². The number of carbonyl (C=O) groups excluding carboxylic acids is 1. The quantitative estimate of drug-likeness (QED) is 0.467. The molecule has 0 spiro atoms. The zero-order valence-corrected chi connectivity index (χ0v) is 18.3. The summed E-state index contributed by atoms with van der Waals surface area (Å²) in [5.74, 6) is 0.693. The maximum Gasteiger partial charge on any atom is 0.408 e. The van der Waals surface area contributed by atoms with Gasteiger partial charge in [-0.15, -0.1) is 0 Å². The number of carbonyl (C=O) groups is 1. The molecule has 0 saturated heterocycles. The van der Waals surface area contributed by atoms with Crippen molar-refractivity contribution >= 4 is 12.1 Å². The largest absolute Gasteiger partial charge is 0.444 e. The van der Waals surface area contributed by atoms with Crippen LogP contribution in [0.25, 0.3) is 0 Å². The van der Waals surface area contributed by atoms with E-state index in [-0.39, 0.29) is 0 Å². The minimum Gasteiger partial charge on any atom is -0.444 e. The number of amides is 1. The van der Waals surface area contributed by atoms with Crippen LogP contribution in [0.2, 0.25) is 0 Å². The lowest BCUT2D eigenvalue weighted by molar-refractivity contribution is 0.0474. The van der Waals surface area contributed by atoms with Gasteiger partial charge in [0.2, 0.25) is 0 Å². The van der Waals surface area contributed by atoms with E-state index in [2.05, 4.69) is 27.0 Å². The van der Waals surface area contributed by atoms with Crippen molar-refractivity contribution < 1.29 is 14.3 Å². The van der Waals surface area contributed by atoms with Gasteiger partial charge in [-0.05, 0) is 52.7 Å². The topological polar surface area (TPSA) is 84.0 Å². The average molecular weight is 393 g/mol. The summed E-state index contributed by atoms with van der Waals surface area (Å²) in [4.78, 5) is 16.7. The van der Waals surface area contributed by atoms with E-state index in [1.54, 1.807) is 7.11 Å². The lowest BCUT2D eigenvalue weighted by Crippen LogP contribution is -2.54. The lowest BCUT2D eigenvalue weighted by Gasteiger charge is -2.29. The zero-order valence-electron chi connectivity index (χ0n) is 18.3. The first-order chi connectivity index (χ1) is 13.0. The minimum atomic E-state index is -0.526. The molecule has 7 heteroatoms. The molecule has 3 N–H and O–H groups in total. The fourth-order valence-corrected chi connectivity index (χ4v) is 2.43. The molecule has 0 aromatic heterocycles. The fourth-order valence-electron chi connectivity index (χ4n) is 2.43. The van der Waals surface area contributed by atoms with Crippen LogP contribution in [0.5, 0.6) is 0 Å². The van der Waals surface area contributed by atoms with Crippen molar-refractivity contribution in [3.8, 4) is 0 Å². The Bertz CT molecular complexity index is 651. The monoisotopic (exact) mass is 392 g/mol. The number of methoxy groups -OCH3 is 1. The highest BCUT2D eigenvalue weighted by molar-refractivity contribution is 5.80. The lowest BCUT2D eigenvalue weighted by atomic mass is 10.1. The number of benzene rings is 1. The number of nitrogens with one attached hydrogen (secondary N) is 3. The normalized spacial score (nSPS) is 12.5. The smallest absolute Gasteiger partial charge is 0.408 e. The number of ether oxygens (including phenoxy) is 2. The Morgan fingerprint density at radius 3 is 2.39 bits per heavy atom. The molecule has 1 rings (SSSR count). The van der Waals surface area contributed by atoms with Crippen LogP contribution < -0.4 is 16.0 Å². The highest BCUT2D eigenvalue weighted by atomic mass is 16.6. The van der Waals surface area contributed by atoms with Gasteiger partial charge in [0.15, 0.2) is 5.96 Å². The van der Waals surface area contributed by atoms with E-state index < -0.39 is 17.2 Å². The van der Waals surface area contributed by atoms with Crippen LogP contribution in [0, 0.1) is 0 Å². The van der Waals surface area contributed by atoms with E-state index in [0.29, 0.717) is 25.7 Å². The minimum absolute atomic E-state index is 0.434. The Kier molecular flexibility index (Phi) is 9.25. The molecule has 158 valence electrons. The summed E-state index contributed by atoms with van der Waals surface area (Å²) in [6, 6.07) is 8.17. The number of hydrogen-bond acceptors (Lipinski definition) is 4. The fraction of sp³-hybridized carbons (Fsp3) is 0.619. The SMILES string of the molecule is CCNC(=NCc1cccc(COC)c1)NCC(C)(C)NC(=O)OC(C)(C)C. The third-order valence-corrected chi connectivity index (χ3v) is 3.60. The van der Waals surface area contributed by atoms with Gasteiger partial charge in [0.05, 0.1) is 18.7 Å². The molecule has 0 aliphatic rings. The van der Waals surface area contributed by atoms with Crippen LogP contribution in [0.15, 0.2) is 29.3 Å². The predicted molar refractivity (Wildman–Crippen MR) is 113 cm³/mol.